The topological polar surface area (TPSA) is 57.3 Å². The van der Waals surface area contributed by atoms with Crippen molar-refractivity contribution in [2.24, 2.45) is 0 Å². The van der Waals surface area contributed by atoms with Crippen LogP contribution in [0.25, 0.3) is 11.3 Å². The quantitative estimate of drug-likeness (QED) is 0.883. The standard InChI is InChI=1S/C17H22N4OS/c1-21-10-2-3-15(21)8-9-18-17(22)20-14-6-4-13(5-7-14)16-11-23-12-19-16/h4-7,11-12,15H,2-3,8-10H2,1H3,(H2,18,20,22). The van der Waals surface area contributed by atoms with Gasteiger partial charge in [-0.15, -0.1) is 11.3 Å². The summed E-state index contributed by atoms with van der Waals surface area (Å²) in [6.45, 7) is 1.87. The van der Waals surface area contributed by atoms with Gasteiger partial charge in [0.1, 0.15) is 0 Å². The first kappa shape index (κ1) is 16.0. The number of anilines is 1. The van der Waals surface area contributed by atoms with Crippen molar-refractivity contribution >= 4 is 23.1 Å². The van der Waals surface area contributed by atoms with E-state index in [4.69, 9.17) is 0 Å². The van der Waals surface area contributed by atoms with Crippen molar-refractivity contribution in [3.05, 3.63) is 35.2 Å². The summed E-state index contributed by atoms with van der Waals surface area (Å²) in [7, 11) is 2.15. The molecule has 5 nitrogen and oxygen atoms in total. The molecule has 2 heterocycles. The Kier molecular flexibility index (Phi) is 5.25. The third-order valence-electron chi connectivity index (χ3n) is 4.31. The molecule has 1 fully saturated rings. The lowest BCUT2D eigenvalue weighted by Gasteiger charge is -2.19. The summed E-state index contributed by atoms with van der Waals surface area (Å²) in [5, 5.41) is 7.81. The highest BCUT2D eigenvalue weighted by Gasteiger charge is 2.20. The number of likely N-dealkylation sites (tertiary alicyclic amines) is 1. The molecule has 2 N–H and O–H groups in total. The lowest BCUT2D eigenvalue weighted by atomic mass is 10.1. The number of nitrogens with one attached hydrogen (secondary N) is 2. The Morgan fingerprint density at radius 3 is 2.87 bits per heavy atom. The maximum absolute atomic E-state index is 11.9. The van der Waals surface area contributed by atoms with Crippen molar-refractivity contribution in [3.8, 4) is 11.3 Å². The minimum Gasteiger partial charge on any atom is -0.338 e. The van der Waals surface area contributed by atoms with E-state index in [1.165, 1.54) is 19.4 Å². The van der Waals surface area contributed by atoms with E-state index < -0.39 is 0 Å². The van der Waals surface area contributed by atoms with Crippen molar-refractivity contribution in [2.45, 2.75) is 25.3 Å². The van der Waals surface area contributed by atoms with Crippen LogP contribution in [0.2, 0.25) is 0 Å². The van der Waals surface area contributed by atoms with Gasteiger partial charge < -0.3 is 15.5 Å². The number of amides is 2. The van der Waals surface area contributed by atoms with Crippen molar-refractivity contribution in [1.29, 1.82) is 0 Å². The Hall–Kier alpha value is -1.92. The first-order chi connectivity index (χ1) is 11.2. The Bertz CT molecular complexity index is 627. The van der Waals surface area contributed by atoms with Gasteiger partial charge in [0, 0.05) is 29.2 Å². The molecule has 1 aromatic heterocycles. The second-order valence-electron chi connectivity index (χ2n) is 5.90. The summed E-state index contributed by atoms with van der Waals surface area (Å²) in [5.74, 6) is 0. The molecule has 0 bridgehead atoms. The van der Waals surface area contributed by atoms with Crippen LogP contribution in [0.4, 0.5) is 10.5 Å². The van der Waals surface area contributed by atoms with E-state index in [2.05, 4.69) is 27.6 Å². The first-order valence-corrected chi connectivity index (χ1v) is 8.90. The number of benzene rings is 1. The van der Waals surface area contributed by atoms with Crippen molar-refractivity contribution in [2.75, 3.05) is 25.5 Å². The average Bonchev–Trinajstić information content (AvgIpc) is 3.20. The Balaban J connectivity index is 1.44. The summed E-state index contributed by atoms with van der Waals surface area (Å²) < 4.78 is 0. The van der Waals surface area contributed by atoms with Gasteiger partial charge in [-0.2, -0.15) is 0 Å². The van der Waals surface area contributed by atoms with Crippen molar-refractivity contribution in [1.82, 2.24) is 15.2 Å². The molecule has 1 saturated heterocycles. The summed E-state index contributed by atoms with van der Waals surface area (Å²) in [5.41, 5.74) is 4.63. The van der Waals surface area contributed by atoms with Gasteiger partial charge in [-0.25, -0.2) is 9.78 Å². The SMILES string of the molecule is CN1CCCC1CCNC(=O)Nc1ccc(-c2cscn2)cc1. The van der Waals surface area contributed by atoms with Gasteiger partial charge in [0.25, 0.3) is 0 Å². The smallest absolute Gasteiger partial charge is 0.319 e. The highest BCUT2D eigenvalue weighted by atomic mass is 32.1. The fourth-order valence-corrected chi connectivity index (χ4v) is 3.51. The zero-order chi connectivity index (χ0) is 16.1. The average molecular weight is 330 g/mol. The van der Waals surface area contributed by atoms with Crippen molar-refractivity contribution < 1.29 is 4.79 Å². The molecular formula is C17H22N4OS. The number of carbonyl (C=O) groups excluding carboxylic acids is 1. The maximum Gasteiger partial charge on any atom is 0.319 e. The van der Waals surface area contributed by atoms with Gasteiger partial charge in [0.2, 0.25) is 0 Å². The first-order valence-electron chi connectivity index (χ1n) is 7.96. The van der Waals surface area contributed by atoms with E-state index in [1.54, 1.807) is 11.3 Å². The van der Waals surface area contributed by atoms with E-state index in [0.717, 1.165) is 23.4 Å². The third kappa shape index (κ3) is 4.30. The van der Waals surface area contributed by atoms with E-state index in [0.29, 0.717) is 12.6 Å². The summed E-state index contributed by atoms with van der Waals surface area (Å²) in [6.07, 6.45) is 3.50. The van der Waals surface area contributed by atoms with Crippen LogP contribution in [0.3, 0.4) is 0 Å². The normalized spacial score (nSPS) is 18.0. The Morgan fingerprint density at radius 1 is 1.39 bits per heavy atom. The van der Waals surface area contributed by atoms with E-state index in [-0.39, 0.29) is 6.03 Å². The van der Waals surface area contributed by atoms with Gasteiger partial charge in [-0.3, -0.25) is 0 Å². The number of urea groups is 1. The number of aromatic nitrogens is 1. The zero-order valence-electron chi connectivity index (χ0n) is 13.3. The molecule has 1 unspecified atom stereocenters. The predicted octanol–water partition coefficient (Wildman–Crippen LogP) is 3.42. The van der Waals surface area contributed by atoms with Crippen LogP contribution in [0.15, 0.2) is 35.2 Å². The van der Waals surface area contributed by atoms with E-state index in [9.17, 15) is 4.79 Å². The van der Waals surface area contributed by atoms with Crippen LogP contribution >= 0.6 is 11.3 Å². The van der Waals surface area contributed by atoms with Crippen LogP contribution in [0.5, 0.6) is 0 Å². The molecule has 6 heteroatoms. The fraction of sp³-hybridized carbons (Fsp3) is 0.412. The molecule has 2 amide bonds. The number of rotatable bonds is 5. The van der Waals surface area contributed by atoms with Crippen LogP contribution < -0.4 is 10.6 Å². The Labute approximate surface area is 140 Å². The zero-order valence-corrected chi connectivity index (χ0v) is 14.1. The molecule has 23 heavy (non-hydrogen) atoms. The number of hydrogen-bond donors (Lipinski definition) is 2. The highest BCUT2D eigenvalue weighted by Crippen LogP contribution is 2.21. The summed E-state index contributed by atoms with van der Waals surface area (Å²) in [4.78, 5) is 18.6. The van der Waals surface area contributed by atoms with E-state index in [1.807, 2.05) is 35.2 Å². The van der Waals surface area contributed by atoms with Gasteiger partial charge >= 0.3 is 6.03 Å². The van der Waals surface area contributed by atoms with Gasteiger partial charge in [0.05, 0.1) is 11.2 Å². The fourth-order valence-electron chi connectivity index (χ4n) is 2.95. The van der Waals surface area contributed by atoms with Gasteiger partial charge in [-0.1, -0.05) is 12.1 Å². The summed E-state index contributed by atoms with van der Waals surface area (Å²) in [6, 6.07) is 8.20. The third-order valence-corrected chi connectivity index (χ3v) is 4.89. The van der Waals surface area contributed by atoms with Gasteiger partial charge in [0.15, 0.2) is 0 Å². The molecular weight excluding hydrogens is 308 g/mol. The van der Waals surface area contributed by atoms with Gasteiger partial charge in [-0.05, 0) is 45.0 Å². The molecule has 1 aromatic carbocycles. The highest BCUT2D eigenvalue weighted by molar-refractivity contribution is 7.07. The molecule has 2 aromatic rings. The number of carbonyl (C=O) groups is 1. The minimum atomic E-state index is -0.146. The van der Waals surface area contributed by atoms with Crippen LogP contribution in [-0.2, 0) is 0 Å². The van der Waals surface area contributed by atoms with Crippen molar-refractivity contribution in [3.63, 3.8) is 0 Å². The second-order valence-corrected chi connectivity index (χ2v) is 6.62. The van der Waals surface area contributed by atoms with Crippen LogP contribution in [0.1, 0.15) is 19.3 Å². The predicted molar refractivity (Wildman–Crippen MR) is 94.8 cm³/mol. The second kappa shape index (κ2) is 7.57. The maximum atomic E-state index is 11.9. The molecule has 0 radical (unpaired) electrons. The molecule has 0 spiro atoms. The minimum absolute atomic E-state index is 0.146. The molecule has 0 saturated carbocycles. The largest absolute Gasteiger partial charge is 0.338 e. The summed E-state index contributed by atoms with van der Waals surface area (Å²) >= 11 is 1.57. The molecule has 1 atom stereocenters. The van der Waals surface area contributed by atoms with Crippen LogP contribution in [0, 0.1) is 0 Å². The monoisotopic (exact) mass is 330 g/mol. The lowest BCUT2D eigenvalue weighted by Crippen LogP contribution is -2.34. The molecule has 0 aliphatic carbocycles. The van der Waals surface area contributed by atoms with Crippen LogP contribution in [-0.4, -0.2) is 42.1 Å². The number of hydrogen-bond acceptors (Lipinski definition) is 4. The number of thiazole rings is 1. The molecule has 1 aliphatic heterocycles. The molecule has 122 valence electrons. The van der Waals surface area contributed by atoms with E-state index >= 15 is 0 Å². The lowest BCUT2D eigenvalue weighted by molar-refractivity contribution is 0.248. The molecule has 3 rings (SSSR count). The Morgan fingerprint density at radius 2 is 2.22 bits per heavy atom. The number of nitrogens with zero attached hydrogens (tertiary/aromatic N) is 2. The molecule has 1 aliphatic rings.